The molecule has 1 N–H and O–H groups in total. The van der Waals surface area contributed by atoms with Crippen LogP contribution in [0.4, 0.5) is 11.4 Å². The predicted molar refractivity (Wildman–Crippen MR) is 136 cm³/mol. The summed E-state index contributed by atoms with van der Waals surface area (Å²) in [5.74, 6) is 0. The Morgan fingerprint density at radius 2 is 1.64 bits per heavy atom. The lowest BCUT2D eigenvalue weighted by Crippen LogP contribution is -2.13. The molecule has 8 heteroatoms. The van der Waals surface area contributed by atoms with Crippen molar-refractivity contribution in [3.8, 4) is 27.6 Å². The first-order valence-electron chi connectivity index (χ1n) is 10.2. The third kappa shape index (κ3) is 4.35. The average Bonchev–Trinajstić information content (AvgIpc) is 3.46. The monoisotopic (exact) mass is 515 g/mol. The number of aromatic amines is 1. The van der Waals surface area contributed by atoms with E-state index >= 15 is 0 Å². The van der Waals surface area contributed by atoms with Crippen molar-refractivity contribution in [1.29, 1.82) is 0 Å². The first kappa shape index (κ1) is 21.2. The second-order valence-corrected chi connectivity index (χ2v) is 9.05. The molecule has 5 aromatic rings. The first-order valence-corrected chi connectivity index (χ1v) is 11.9. The molecule has 0 unspecified atom stereocenters. The number of halogens is 1. The van der Waals surface area contributed by atoms with E-state index in [1.807, 2.05) is 91.2 Å². The lowest BCUT2D eigenvalue weighted by atomic mass is 10.1. The number of aromatic nitrogens is 3. The van der Waals surface area contributed by atoms with Crippen LogP contribution in [-0.4, -0.2) is 14.8 Å². The molecule has 2 aromatic heterocycles. The Labute approximate surface area is 202 Å². The molecule has 0 aliphatic heterocycles. The first-order chi connectivity index (χ1) is 16.1. The Hall–Kier alpha value is -3.62. The second kappa shape index (κ2) is 9.09. The molecule has 5 rings (SSSR count). The number of H-pyrrole nitrogens is 1. The highest BCUT2D eigenvalue weighted by Gasteiger charge is 2.19. The van der Waals surface area contributed by atoms with Crippen LogP contribution in [-0.2, 0) is 0 Å². The van der Waals surface area contributed by atoms with Gasteiger partial charge in [0.1, 0.15) is 0 Å². The molecule has 0 radical (unpaired) electrons. The smallest absolute Gasteiger partial charge is 0.286 e. The van der Waals surface area contributed by atoms with Crippen LogP contribution < -0.4 is 5.56 Å². The molecule has 0 saturated carbocycles. The van der Waals surface area contributed by atoms with Crippen LogP contribution in [0, 0.1) is 6.92 Å². The lowest BCUT2D eigenvalue weighted by Gasteiger charge is -2.00. The predicted octanol–water partition coefficient (Wildman–Crippen LogP) is 7.44. The fourth-order valence-corrected chi connectivity index (χ4v) is 4.48. The summed E-state index contributed by atoms with van der Waals surface area (Å²) >= 11 is 4.90. The van der Waals surface area contributed by atoms with Crippen molar-refractivity contribution in [3.63, 3.8) is 0 Å². The fourth-order valence-electron chi connectivity index (χ4n) is 3.32. The molecule has 162 valence electrons. The number of rotatable bonds is 5. The largest absolute Gasteiger partial charge is 0.301 e. The van der Waals surface area contributed by atoms with Gasteiger partial charge in [0.25, 0.3) is 0 Å². The summed E-state index contributed by atoms with van der Waals surface area (Å²) in [6.07, 6.45) is 0. The van der Waals surface area contributed by atoms with Gasteiger partial charge in [0.15, 0.2) is 5.69 Å². The van der Waals surface area contributed by atoms with E-state index in [2.05, 4.69) is 36.2 Å². The summed E-state index contributed by atoms with van der Waals surface area (Å²) in [6.45, 7) is 2.00. The van der Waals surface area contributed by atoms with Crippen LogP contribution in [0.2, 0.25) is 0 Å². The molecule has 0 amide bonds. The molecule has 33 heavy (non-hydrogen) atoms. The Bertz CT molecular complexity index is 1500. The fraction of sp³-hybridized carbons (Fsp3) is 0.0400. The summed E-state index contributed by atoms with van der Waals surface area (Å²) in [5.41, 5.74) is 4.91. The topological polar surface area (TPSA) is 75.4 Å². The summed E-state index contributed by atoms with van der Waals surface area (Å²) in [5, 5.41) is 14.3. The molecule has 0 fully saturated rings. The molecule has 0 spiro atoms. The maximum Gasteiger partial charge on any atom is 0.301 e. The van der Waals surface area contributed by atoms with Gasteiger partial charge in [0.2, 0.25) is 5.13 Å². The summed E-state index contributed by atoms with van der Waals surface area (Å²) in [7, 11) is 0. The number of hydrogen-bond donors (Lipinski definition) is 1. The van der Waals surface area contributed by atoms with E-state index in [0.717, 1.165) is 26.9 Å². The highest BCUT2D eigenvalue weighted by atomic mass is 79.9. The number of nitrogens with one attached hydrogen (secondary N) is 1. The van der Waals surface area contributed by atoms with Crippen LogP contribution in [0.1, 0.15) is 5.56 Å². The molecular formula is C25H18BrN5OS. The van der Waals surface area contributed by atoms with Crippen molar-refractivity contribution in [2.75, 3.05) is 0 Å². The van der Waals surface area contributed by atoms with E-state index in [9.17, 15) is 4.79 Å². The van der Waals surface area contributed by atoms with Gasteiger partial charge in [0, 0.05) is 21.0 Å². The second-order valence-electron chi connectivity index (χ2n) is 7.36. The van der Waals surface area contributed by atoms with E-state index in [4.69, 9.17) is 0 Å². The van der Waals surface area contributed by atoms with E-state index in [1.165, 1.54) is 16.0 Å². The van der Waals surface area contributed by atoms with Crippen molar-refractivity contribution in [2.24, 2.45) is 10.2 Å². The van der Waals surface area contributed by atoms with Gasteiger partial charge in [-0.1, -0.05) is 82.7 Å². The number of nitrogens with zero attached hydrogens (tertiary/aromatic N) is 4. The molecule has 0 bridgehead atoms. The number of azo groups is 1. The molecule has 3 aromatic carbocycles. The Kier molecular flexibility index (Phi) is 5.85. The Balaban J connectivity index is 1.60. The van der Waals surface area contributed by atoms with Gasteiger partial charge < -0.3 is 0 Å². The zero-order chi connectivity index (χ0) is 22.8. The summed E-state index contributed by atoms with van der Waals surface area (Å²) in [6, 6.07) is 25.2. The average molecular weight is 516 g/mol. The SMILES string of the molecule is Cc1ccc(N=Nc2c(-c3ccccc3)[nH]n(-c3nc(-c4ccccc4)cs3)c2=O)cc1Br. The van der Waals surface area contributed by atoms with Crippen molar-refractivity contribution in [3.05, 3.63) is 105 Å². The maximum atomic E-state index is 13.4. The standard InChI is InChI=1S/C25H18BrN5OS/c1-16-12-13-19(14-20(16)26)28-29-23-22(18-10-6-3-7-11-18)30-31(24(23)32)25-27-21(15-33-25)17-8-4-2-5-9-17/h2-15,30H,1H3. The van der Waals surface area contributed by atoms with Crippen LogP contribution in [0.5, 0.6) is 0 Å². The van der Waals surface area contributed by atoms with Gasteiger partial charge >= 0.3 is 5.56 Å². The minimum Gasteiger partial charge on any atom is -0.286 e. The minimum absolute atomic E-state index is 0.231. The van der Waals surface area contributed by atoms with Gasteiger partial charge in [-0.2, -0.15) is 9.80 Å². The molecule has 0 aliphatic carbocycles. The number of aryl methyl sites for hydroxylation is 1. The van der Waals surface area contributed by atoms with E-state index in [-0.39, 0.29) is 11.2 Å². The highest BCUT2D eigenvalue weighted by Crippen LogP contribution is 2.30. The van der Waals surface area contributed by atoms with Crippen LogP contribution in [0.25, 0.3) is 27.6 Å². The van der Waals surface area contributed by atoms with Crippen molar-refractivity contribution < 1.29 is 0 Å². The summed E-state index contributed by atoms with van der Waals surface area (Å²) < 4.78 is 2.36. The van der Waals surface area contributed by atoms with Gasteiger partial charge in [-0.05, 0) is 24.6 Å². The molecule has 0 aliphatic rings. The highest BCUT2D eigenvalue weighted by molar-refractivity contribution is 9.10. The van der Waals surface area contributed by atoms with Gasteiger partial charge in [-0.15, -0.1) is 16.5 Å². The number of thiazole rings is 1. The molecule has 2 heterocycles. The zero-order valence-electron chi connectivity index (χ0n) is 17.6. The third-order valence-corrected chi connectivity index (χ3v) is 6.78. The minimum atomic E-state index is -0.308. The maximum absolute atomic E-state index is 13.4. The van der Waals surface area contributed by atoms with E-state index < -0.39 is 0 Å². The third-order valence-electron chi connectivity index (χ3n) is 5.10. The zero-order valence-corrected chi connectivity index (χ0v) is 20.0. The molecular weight excluding hydrogens is 498 g/mol. The Morgan fingerprint density at radius 1 is 0.939 bits per heavy atom. The van der Waals surface area contributed by atoms with Crippen molar-refractivity contribution in [1.82, 2.24) is 14.8 Å². The lowest BCUT2D eigenvalue weighted by molar-refractivity contribution is 0.843. The summed E-state index contributed by atoms with van der Waals surface area (Å²) in [4.78, 5) is 18.1. The van der Waals surface area contributed by atoms with E-state index in [1.54, 1.807) is 0 Å². The van der Waals surface area contributed by atoms with E-state index in [0.29, 0.717) is 16.5 Å². The normalized spacial score (nSPS) is 11.3. The van der Waals surface area contributed by atoms with Gasteiger partial charge in [-0.3, -0.25) is 9.89 Å². The molecule has 0 saturated heterocycles. The van der Waals surface area contributed by atoms with Crippen molar-refractivity contribution >= 4 is 38.6 Å². The quantitative estimate of drug-likeness (QED) is 0.247. The van der Waals surface area contributed by atoms with Gasteiger partial charge in [0.05, 0.1) is 17.1 Å². The van der Waals surface area contributed by atoms with Gasteiger partial charge in [-0.25, -0.2) is 4.98 Å². The molecule has 0 atom stereocenters. The van der Waals surface area contributed by atoms with Crippen LogP contribution in [0.3, 0.4) is 0 Å². The van der Waals surface area contributed by atoms with Crippen LogP contribution in [0.15, 0.2) is 104 Å². The number of benzene rings is 3. The number of hydrogen-bond acceptors (Lipinski definition) is 5. The van der Waals surface area contributed by atoms with Crippen molar-refractivity contribution in [2.45, 2.75) is 6.92 Å². The Morgan fingerprint density at radius 3 is 2.33 bits per heavy atom. The molecule has 6 nitrogen and oxygen atoms in total. The van der Waals surface area contributed by atoms with Crippen LogP contribution >= 0.6 is 27.3 Å².